The summed E-state index contributed by atoms with van der Waals surface area (Å²) in [5, 5.41) is 5.54. The Morgan fingerprint density at radius 2 is 2.00 bits per heavy atom. The van der Waals surface area contributed by atoms with E-state index in [2.05, 4.69) is 26.6 Å². The second-order valence-corrected chi connectivity index (χ2v) is 6.52. The smallest absolute Gasteiger partial charge is 0.242 e. The molecule has 0 heterocycles. The van der Waals surface area contributed by atoms with Crippen molar-refractivity contribution in [3.8, 4) is 0 Å². The lowest BCUT2D eigenvalue weighted by Crippen LogP contribution is -2.52. The van der Waals surface area contributed by atoms with Gasteiger partial charge in [0.25, 0.3) is 0 Å². The molecule has 0 aliphatic heterocycles. The quantitative estimate of drug-likeness (QED) is 0.864. The Balaban J connectivity index is 2.65. The van der Waals surface area contributed by atoms with E-state index in [0.717, 1.165) is 10.0 Å². The van der Waals surface area contributed by atoms with Gasteiger partial charge in [-0.3, -0.25) is 9.59 Å². The van der Waals surface area contributed by atoms with E-state index in [9.17, 15) is 9.59 Å². The highest BCUT2D eigenvalue weighted by molar-refractivity contribution is 9.10. The standard InChI is InChI=1S/C15H21BrN2O2/c1-10(17-11(2)19)14(20)18-15(3,4)9-12-6-5-7-13(16)8-12/h5-8,10H,9H2,1-4H3,(H,17,19)(H,18,20). The molecule has 1 rings (SSSR count). The Bertz CT molecular complexity index is 500. The number of benzene rings is 1. The van der Waals surface area contributed by atoms with E-state index in [1.165, 1.54) is 6.92 Å². The van der Waals surface area contributed by atoms with E-state index in [0.29, 0.717) is 6.42 Å². The number of carbonyl (C=O) groups excluding carboxylic acids is 2. The van der Waals surface area contributed by atoms with Crippen LogP contribution in [0.4, 0.5) is 0 Å². The SMILES string of the molecule is CC(=O)NC(C)C(=O)NC(C)(C)Cc1cccc(Br)c1. The maximum absolute atomic E-state index is 12.0. The predicted octanol–water partition coefficient (Wildman–Crippen LogP) is 2.41. The number of hydrogen-bond donors (Lipinski definition) is 2. The molecule has 2 N–H and O–H groups in total. The normalized spacial score (nSPS) is 12.7. The van der Waals surface area contributed by atoms with Crippen LogP contribution in [0.2, 0.25) is 0 Å². The van der Waals surface area contributed by atoms with Crippen LogP contribution in [-0.4, -0.2) is 23.4 Å². The molecule has 0 saturated heterocycles. The van der Waals surface area contributed by atoms with Crippen LogP contribution >= 0.6 is 15.9 Å². The molecule has 0 aliphatic rings. The van der Waals surface area contributed by atoms with Gasteiger partial charge < -0.3 is 10.6 Å². The average molecular weight is 341 g/mol. The minimum Gasteiger partial charge on any atom is -0.349 e. The Morgan fingerprint density at radius 3 is 2.55 bits per heavy atom. The Hall–Kier alpha value is -1.36. The maximum Gasteiger partial charge on any atom is 0.242 e. The van der Waals surface area contributed by atoms with Crippen LogP contribution in [0, 0.1) is 0 Å². The predicted molar refractivity (Wildman–Crippen MR) is 83.3 cm³/mol. The van der Waals surface area contributed by atoms with E-state index in [4.69, 9.17) is 0 Å². The minimum absolute atomic E-state index is 0.180. The summed E-state index contributed by atoms with van der Waals surface area (Å²) in [5.74, 6) is -0.391. The Labute approximate surface area is 128 Å². The summed E-state index contributed by atoms with van der Waals surface area (Å²) in [6.07, 6.45) is 0.713. The van der Waals surface area contributed by atoms with Crippen molar-refractivity contribution in [1.82, 2.24) is 10.6 Å². The van der Waals surface area contributed by atoms with Gasteiger partial charge >= 0.3 is 0 Å². The number of rotatable bonds is 5. The molecule has 1 atom stereocenters. The molecule has 110 valence electrons. The van der Waals surface area contributed by atoms with Crippen LogP contribution in [0.1, 0.15) is 33.3 Å². The molecule has 0 saturated carbocycles. The third kappa shape index (κ3) is 5.74. The van der Waals surface area contributed by atoms with Crippen LogP contribution in [-0.2, 0) is 16.0 Å². The molecule has 1 aromatic carbocycles. The highest BCUT2D eigenvalue weighted by Gasteiger charge is 2.24. The minimum atomic E-state index is -0.533. The van der Waals surface area contributed by atoms with Crippen molar-refractivity contribution in [3.63, 3.8) is 0 Å². The van der Waals surface area contributed by atoms with Gasteiger partial charge in [-0.25, -0.2) is 0 Å². The average Bonchev–Trinajstić information content (AvgIpc) is 2.26. The number of hydrogen-bond acceptors (Lipinski definition) is 2. The lowest BCUT2D eigenvalue weighted by atomic mass is 9.94. The van der Waals surface area contributed by atoms with E-state index in [1.807, 2.05) is 38.1 Å². The van der Waals surface area contributed by atoms with Crippen LogP contribution in [0.5, 0.6) is 0 Å². The molecule has 0 aliphatic carbocycles. The monoisotopic (exact) mass is 340 g/mol. The van der Waals surface area contributed by atoms with E-state index in [1.54, 1.807) is 6.92 Å². The summed E-state index contributed by atoms with van der Waals surface area (Å²) in [5.41, 5.74) is 0.752. The summed E-state index contributed by atoms with van der Waals surface area (Å²) >= 11 is 3.44. The van der Waals surface area contributed by atoms with Crippen molar-refractivity contribution in [2.75, 3.05) is 0 Å². The highest BCUT2D eigenvalue weighted by Crippen LogP contribution is 2.17. The van der Waals surface area contributed by atoms with Crippen molar-refractivity contribution in [2.45, 2.75) is 45.7 Å². The molecule has 0 fully saturated rings. The second kappa shape index (κ2) is 6.88. The first-order valence-electron chi connectivity index (χ1n) is 6.53. The molecule has 5 heteroatoms. The van der Waals surface area contributed by atoms with Gasteiger partial charge in [-0.2, -0.15) is 0 Å². The molecule has 1 unspecified atom stereocenters. The Morgan fingerprint density at radius 1 is 1.35 bits per heavy atom. The molecule has 4 nitrogen and oxygen atoms in total. The van der Waals surface area contributed by atoms with E-state index < -0.39 is 6.04 Å². The number of carbonyl (C=O) groups is 2. The van der Waals surface area contributed by atoms with Crippen molar-refractivity contribution >= 4 is 27.7 Å². The Kier molecular flexibility index (Phi) is 5.74. The largest absolute Gasteiger partial charge is 0.349 e. The third-order valence-electron chi connectivity index (χ3n) is 2.81. The fraction of sp³-hybridized carbons (Fsp3) is 0.467. The van der Waals surface area contributed by atoms with Gasteiger partial charge in [0.2, 0.25) is 11.8 Å². The summed E-state index contributed by atoms with van der Waals surface area (Å²) in [4.78, 5) is 23.0. The fourth-order valence-corrected chi connectivity index (χ4v) is 2.46. The first kappa shape index (κ1) is 16.7. The molecule has 0 bridgehead atoms. The van der Waals surface area contributed by atoms with Crippen LogP contribution < -0.4 is 10.6 Å². The molecule has 0 spiro atoms. The zero-order valence-electron chi connectivity index (χ0n) is 12.3. The molecule has 2 amide bonds. The van der Waals surface area contributed by atoms with Gasteiger partial charge in [0.15, 0.2) is 0 Å². The topological polar surface area (TPSA) is 58.2 Å². The first-order chi connectivity index (χ1) is 9.19. The van der Waals surface area contributed by atoms with Crippen molar-refractivity contribution < 1.29 is 9.59 Å². The van der Waals surface area contributed by atoms with Crippen molar-refractivity contribution in [2.24, 2.45) is 0 Å². The first-order valence-corrected chi connectivity index (χ1v) is 7.32. The molecule has 20 heavy (non-hydrogen) atoms. The zero-order chi connectivity index (χ0) is 15.3. The molecule has 1 aromatic rings. The van der Waals surface area contributed by atoms with Crippen LogP contribution in [0.25, 0.3) is 0 Å². The molecular weight excluding hydrogens is 320 g/mol. The summed E-state index contributed by atoms with van der Waals surface area (Å²) < 4.78 is 1.02. The zero-order valence-corrected chi connectivity index (χ0v) is 13.9. The molecule has 0 aromatic heterocycles. The maximum atomic E-state index is 12.0. The fourth-order valence-electron chi connectivity index (χ4n) is 2.01. The summed E-state index contributed by atoms with van der Waals surface area (Å²) in [6.45, 7) is 7.00. The summed E-state index contributed by atoms with van der Waals surface area (Å²) in [7, 11) is 0. The lowest BCUT2D eigenvalue weighted by molar-refractivity contribution is -0.128. The van der Waals surface area contributed by atoms with E-state index in [-0.39, 0.29) is 17.4 Å². The van der Waals surface area contributed by atoms with Gasteiger partial charge in [-0.05, 0) is 44.9 Å². The van der Waals surface area contributed by atoms with Crippen LogP contribution in [0.15, 0.2) is 28.7 Å². The number of nitrogens with one attached hydrogen (secondary N) is 2. The number of amides is 2. The van der Waals surface area contributed by atoms with Gasteiger partial charge in [0, 0.05) is 16.9 Å². The van der Waals surface area contributed by atoms with Crippen molar-refractivity contribution in [3.05, 3.63) is 34.3 Å². The van der Waals surface area contributed by atoms with Gasteiger partial charge in [-0.15, -0.1) is 0 Å². The van der Waals surface area contributed by atoms with Gasteiger partial charge in [0.05, 0.1) is 0 Å². The number of halogens is 1. The highest BCUT2D eigenvalue weighted by atomic mass is 79.9. The lowest BCUT2D eigenvalue weighted by Gasteiger charge is -2.28. The van der Waals surface area contributed by atoms with Gasteiger partial charge in [0.1, 0.15) is 6.04 Å². The second-order valence-electron chi connectivity index (χ2n) is 5.60. The van der Waals surface area contributed by atoms with Crippen molar-refractivity contribution in [1.29, 1.82) is 0 Å². The van der Waals surface area contributed by atoms with Gasteiger partial charge in [-0.1, -0.05) is 28.1 Å². The summed E-state index contributed by atoms with van der Waals surface area (Å²) in [6, 6.07) is 7.46. The third-order valence-corrected chi connectivity index (χ3v) is 3.30. The molecular formula is C15H21BrN2O2. The molecule has 0 radical (unpaired) electrons. The van der Waals surface area contributed by atoms with Crippen LogP contribution in [0.3, 0.4) is 0 Å². The van der Waals surface area contributed by atoms with E-state index >= 15 is 0 Å².